The molecule has 0 radical (unpaired) electrons. The lowest BCUT2D eigenvalue weighted by atomic mass is 9.90. The quantitative estimate of drug-likeness (QED) is 0.682. The third-order valence-corrected chi connectivity index (χ3v) is 5.72. The molecule has 1 saturated carbocycles. The lowest BCUT2D eigenvalue weighted by Crippen LogP contribution is -2.41. The molecule has 3 aliphatic rings. The van der Waals surface area contributed by atoms with Crippen LogP contribution in [0.2, 0.25) is 0 Å². The zero-order valence-electron chi connectivity index (χ0n) is 13.4. The van der Waals surface area contributed by atoms with Crippen molar-refractivity contribution in [3.05, 3.63) is 22.7 Å². The van der Waals surface area contributed by atoms with Crippen molar-refractivity contribution >= 4 is 18.1 Å². The molecule has 1 N–H and O–H groups in total. The van der Waals surface area contributed by atoms with Crippen LogP contribution in [0.15, 0.2) is 12.2 Å². The molecule has 23 heavy (non-hydrogen) atoms. The van der Waals surface area contributed by atoms with Crippen LogP contribution >= 0.6 is 12.2 Å². The molecule has 1 atom stereocenters. The van der Waals surface area contributed by atoms with E-state index in [1.807, 2.05) is 0 Å². The first-order valence-corrected chi connectivity index (χ1v) is 9.25. The van der Waals surface area contributed by atoms with Crippen LogP contribution < -0.4 is 0 Å². The van der Waals surface area contributed by atoms with Crippen molar-refractivity contribution < 1.29 is 4.79 Å². The second-order valence-corrected chi connectivity index (χ2v) is 7.46. The summed E-state index contributed by atoms with van der Waals surface area (Å²) in [7, 11) is 0. The van der Waals surface area contributed by atoms with Gasteiger partial charge in [-0.3, -0.25) is 9.89 Å². The fraction of sp³-hybridized carbons (Fsp3) is 0.706. The lowest BCUT2D eigenvalue weighted by molar-refractivity contribution is -0.136. The third kappa shape index (κ3) is 3.01. The van der Waals surface area contributed by atoms with E-state index in [2.05, 4.69) is 31.8 Å². The first kappa shape index (κ1) is 15.1. The van der Waals surface area contributed by atoms with Crippen molar-refractivity contribution in [1.82, 2.24) is 19.7 Å². The fourth-order valence-electron chi connectivity index (χ4n) is 3.92. The van der Waals surface area contributed by atoms with Crippen molar-refractivity contribution in [2.45, 2.75) is 56.9 Å². The van der Waals surface area contributed by atoms with Gasteiger partial charge in [0, 0.05) is 31.0 Å². The minimum Gasteiger partial charge on any atom is -0.342 e. The number of allylic oxidation sites excluding steroid dienone is 2. The molecule has 124 valence electrons. The molecule has 5 nitrogen and oxygen atoms in total. The smallest absolute Gasteiger partial charge is 0.226 e. The van der Waals surface area contributed by atoms with Crippen LogP contribution in [0.5, 0.6) is 0 Å². The molecule has 0 spiro atoms. The van der Waals surface area contributed by atoms with Gasteiger partial charge in [-0.25, -0.2) is 0 Å². The van der Waals surface area contributed by atoms with E-state index in [1.165, 1.54) is 12.8 Å². The highest BCUT2D eigenvalue weighted by Gasteiger charge is 2.33. The summed E-state index contributed by atoms with van der Waals surface area (Å²) in [5.41, 5.74) is 0. The van der Waals surface area contributed by atoms with Gasteiger partial charge >= 0.3 is 0 Å². The van der Waals surface area contributed by atoms with Crippen LogP contribution in [-0.4, -0.2) is 38.7 Å². The number of nitrogens with zero attached hydrogens (tertiary/aromatic N) is 3. The minimum absolute atomic E-state index is 0.206. The standard InChI is InChI=1S/C17H24N4OS/c22-16(13-4-2-1-3-5-13)20-10-8-12(9-11-20)15-18-19-17(23)21(15)14-6-7-14/h1-2,12-14H,3-11H2,(H,19,23)/t13-/m0/s1. The summed E-state index contributed by atoms with van der Waals surface area (Å²) < 4.78 is 2.98. The van der Waals surface area contributed by atoms with E-state index < -0.39 is 0 Å². The monoisotopic (exact) mass is 332 g/mol. The molecule has 2 aliphatic carbocycles. The molecule has 1 aliphatic heterocycles. The highest BCUT2D eigenvalue weighted by atomic mass is 32.1. The van der Waals surface area contributed by atoms with Gasteiger partial charge in [-0.15, -0.1) is 0 Å². The molecule has 1 aromatic rings. The van der Waals surface area contributed by atoms with Crippen LogP contribution in [-0.2, 0) is 4.79 Å². The Morgan fingerprint density at radius 3 is 2.61 bits per heavy atom. The van der Waals surface area contributed by atoms with E-state index >= 15 is 0 Å². The minimum atomic E-state index is 0.206. The largest absolute Gasteiger partial charge is 0.342 e. The zero-order chi connectivity index (χ0) is 15.8. The van der Waals surface area contributed by atoms with Gasteiger partial charge in [-0.05, 0) is 57.2 Å². The number of rotatable bonds is 3. The Labute approximate surface area is 141 Å². The summed E-state index contributed by atoms with van der Waals surface area (Å²) in [5, 5.41) is 7.46. The maximum absolute atomic E-state index is 12.6. The molecule has 2 fully saturated rings. The van der Waals surface area contributed by atoms with E-state index in [1.54, 1.807) is 0 Å². The van der Waals surface area contributed by atoms with Crippen LogP contribution in [0.1, 0.15) is 62.7 Å². The number of aromatic nitrogens is 3. The van der Waals surface area contributed by atoms with E-state index in [4.69, 9.17) is 12.2 Å². The first-order valence-electron chi connectivity index (χ1n) is 8.84. The Hall–Kier alpha value is -1.43. The van der Waals surface area contributed by atoms with Crippen molar-refractivity contribution in [3.8, 4) is 0 Å². The van der Waals surface area contributed by atoms with E-state index in [0.29, 0.717) is 17.9 Å². The predicted octanol–water partition coefficient (Wildman–Crippen LogP) is 3.34. The molecule has 0 unspecified atom stereocenters. The number of H-pyrrole nitrogens is 1. The predicted molar refractivity (Wildman–Crippen MR) is 90.7 cm³/mol. The van der Waals surface area contributed by atoms with Crippen LogP contribution in [0, 0.1) is 10.7 Å². The number of likely N-dealkylation sites (tertiary alicyclic amines) is 1. The Bertz CT molecular complexity index is 664. The van der Waals surface area contributed by atoms with Crippen molar-refractivity contribution in [2.24, 2.45) is 5.92 Å². The third-order valence-electron chi connectivity index (χ3n) is 5.43. The average Bonchev–Trinajstić information content (AvgIpc) is 3.37. The molecule has 1 amide bonds. The lowest BCUT2D eigenvalue weighted by Gasteiger charge is -2.34. The van der Waals surface area contributed by atoms with E-state index in [-0.39, 0.29) is 5.92 Å². The summed E-state index contributed by atoms with van der Waals surface area (Å²) in [5.74, 6) is 2.11. The Morgan fingerprint density at radius 2 is 1.96 bits per heavy atom. The molecule has 4 rings (SSSR count). The van der Waals surface area contributed by atoms with Gasteiger partial charge < -0.3 is 9.47 Å². The van der Waals surface area contributed by atoms with Gasteiger partial charge in [0.05, 0.1) is 0 Å². The topological polar surface area (TPSA) is 53.9 Å². The number of amides is 1. The van der Waals surface area contributed by atoms with E-state index in [0.717, 1.165) is 55.8 Å². The molecule has 0 bridgehead atoms. The van der Waals surface area contributed by atoms with Gasteiger partial charge in [-0.1, -0.05) is 12.2 Å². The summed E-state index contributed by atoms with van der Waals surface area (Å²) >= 11 is 5.38. The number of carbonyl (C=O) groups excluding carboxylic acids is 1. The van der Waals surface area contributed by atoms with Crippen molar-refractivity contribution in [2.75, 3.05) is 13.1 Å². The number of hydrogen-bond acceptors (Lipinski definition) is 3. The Kier molecular flexibility index (Phi) is 4.09. The molecule has 6 heteroatoms. The second-order valence-electron chi connectivity index (χ2n) is 7.07. The summed E-state index contributed by atoms with van der Waals surface area (Å²) in [4.78, 5) is 14.7. The average molecular weight is 332 g/mol. The number of carbonyl (C=O) groups is 1. The van der Waals surface area contributed by atoms with Gasteiger partial charge in [0.25, 0.3) is 0 Å². The van der Waals surface area contributed by atoms with Crippen LogP contribution in [0.25, 0.3) is 0 Å². The SMILES string of the molecule is O=C([C@H]1CC=CCC1)N1CCC(c2n[nH]c(=S)n2C2CC2)CC1. The Morgan fingerprint density at radius 1 is 1.17 bits per heavy atom. The van der Waals surface area contributed by atoms with Crippen molar-refractivity contribution in [1.29, 1.82) is 0 Å². The highest BCUT2D eigenvalue weighted by molar-refractivity contribution is 7.71. The van der Waals surface area contributed by atoms with Gasteiger partial charge in [0.2, 0.25) is 5.91 Å². The molecular formula is C17H24N4OS. The number of nitrogens with one attached hydrogen (secondary N) is 1. The molecule has 2 heterocycles. The second kappa shape index (κ2) is 6.23. The molecular weight excluding hydrogens is 308 g/mol. The van der Waals surface area contributed by atoms with Crippen LogP contribution in [0.4, 0.5) is 0 Å². The highest BCUT2D eigenvalue weighted by Crippen LogP contribution is 2.39. The zero-order valence-corrected chi connectivity index (χ0v) is 14.2. The number of aromatic amines is 1. The molecule has 1 saturated heterocycles. The molecule has 0 aromatic carbocycles. The number of hydrogen-bond donors (Lipinski definition) is 1. The van der Waals surface area contributed by atoms with Gasteiger partial charge in [0.1, 0.15) is 5.82 Å². The van der Waals surface area contributed by atoms with E-state index in [9.17, 15) is 4.79 Å². The summed E-state index contributed by atoms with van der Waals surface area (Å²) in [6.45, 7) is 1.71. The fourth-order valence-corrected chi connectivity index (χ4v) is 4.21. The first-order chi connectivity index (χ1) is 11.2. The summed E-state index contributed by atoms with van der Waals surface area (Å²) in [6.07, 6.45) is 11.8. The molecule has 1 aromatic heterocycles. The summed E-state index contributed by atoms with van der Waals surface area (Å²) in [6, 6.07) is 0.560. The maximum Gasteiger partial charge on any atom is 0.226 e. The van der Waals surface area contributed by atoms with Gasteiger partial charge in [-0.2, -0.15) is 5.10 Å². The number of piperidine rings is 1. The van der Waals surface area contributed by atoms with Gasteiger partial charge in [0.15, 0.2) is 4.77 Å². The van der Waals surface area contributed by atoms with Crippen molar-refractivity contribution in [3.63, 3.8) is 0 Å². The van der Waals surface area contributed by atoms with Crippen LogP contribution in [0.3, 0.4) is 0 Å². The maximum atomic E-state index is 12.6. The Balaban J connectivity index is 1.40. The normalized spacial score (nSPS) is 25.7.